The Kier molecular flexibility index (Phi) is 3.51. The molecule has 116 valence electrons. The summed E-state index contributed by atoms with van der Waals surface area (Å²) in [5.41, 5.74) is 2.18. The Morgan fingerprint density at radius 2 is 1.95 bits per heavy atom. The average Bonchev–Trinajstić information content (AvgIpc) is 2.89. The van der Waals surface area contributed by atoms with Crippen LogP contribution < -0.4 is 10.1 Å². The Labute approximate surface area is 126 Å². The number of fused-ring (bicyclic) bond motifs is 1. The maximum atomic E-state index is 13.1. The normalized spacial score (nSPS) is 17.0. The molecule has 0 bridgehead atoms. The monoisotopic (exact) mass is 307 g/mol. The van der Waals surface area contributed by atoms with Crippen LogP contribution in [0.4, 0.5) is 18.9 Å². The Hall–Kier alpha value is -2.17. The fraction of sp³-hybridized carbons (Fsp3) is 0.294. The first-order valence-corrected chi connectivity index (χ1v) is 7.00. The van der Waals surface area contributed by atoms with Gasteiger partial charge in [-0.05, 0) is 31.0 Å². The molecular weight excluding hydrogens is 291 g/mol. The second-order valence-electron chi connectivity index (χ2n) is 5.48. The van der Waals surface area contributed by atoms with Crippen molar-refractivity contribution in [2.45, 2.75) is 25.6 Å². The van der Waals surface area contributed by atoms with E-state index in [0.29, 0.717) is 17.7 Å². The van der Waals surface area contributed by atoms with E-state index in [1.165, 1.54) is 6.07 Å². The molecule has 0 spiro atoms. The van der Waals surface area contributed by atoms with Gasteiger partial charge in [0, 0.05) is 5.56 Å². The van der Waals surface area contributed by atoms with Crippen LogP contribution in [0.5, 0.6) is 5.75 Å². The van der Waals surface area contributed by atoms with Crippen LogP contribution >= 0.6 is 0 Å². The second kappa shape index (κ2) is 5.23. The number of hydrogen-bond donors (Lipinski definition) is 1. The summed E-state index contributed by atoms with van der Waals surface area (Å²) in [6, 6.07) is 9.82. The molecular formula is C17H16F3NO. The van der Waals surface area contributed by atoms with Crippen molar-refractivity contribution >= 4 is 5.69 Å². The first kappa shape index (κ1) is 14.8. The average molecular weight is 307 g/mol. The van der Waals surface area contributed by atoms with Gasteiger partial charge in [0.2, 0.25) is 0 Å². The Bertz CT molecular complexity index is 710. The molecule has 1 unspecified atom stereocenters. The Balaban J connectivity index is 2.01. The van der Waals surface area contributed by atoms with Crippen molar-refractivity contribution < 1.29 is 17.9 Å². The highest BCUT2D eigenvalue weighted by Gasteiger charge is 2.37. The van der Waals surface area contributed by atoms with Gasteiger partial charge in [-0.15, -0.1) is 0 Å². The Morgan fingerprint density at radius 3 is 2.64 bits per heavy atom. The van der Waals surface area contributed by atoms with Gasteiger partial charge in [-0.1, -0.05) is 29.8 Å². The van der Waals surface area contributed by atoms with E-state index < -0.39 is 11.7 Å². The molecule has 0 saturated carbocycles. The Morgan fingerprint density at radius 1 is 1.18 bits per heavy atom. The standard InChI is InChI=1S/C17H16F3NO/c1-10-6-7-15(22-2)12(8-10)14-9-11-4-3-5-13(16(11)21-14)17(18,19)20/h3-8,14,21H,9H2,1-2H3. The fourth-order valence-corrected chi connectivity index (χ4v) is 2.94. The summed E-state index contributed by atoms with van der Waals surface area (Å²) in [7, 11) is 1.57. The zero-order valence-corrected chi connectivity index (χ0v) is 12.3. The van der Waals surface area contributed by atoms with Crippen LogP contribution in [0, 0.1) is 6.92 Å². The highest BCUT2D eigenvalue weighted by atomic mass is 19.4. The summed E-state index contributed by atoms with van der Waals surface area (Å²) in [5.74, 6) is 0.685. The quantitative estimate of drug-likeness (QED) is 0.866. The summed E-state index contributed by atoms with van der Waals surface area (Å²) >= 11 is 0. The molecule has 2 aromatic carbocycles. The molecule has 3 rings (SSSR count). The van der Waals surface area contributed by atoms with E-state index in [2.05, 4.69) is 5.32 Å². The van der Waals surface area contributed by atoms with Crippen molar-refractivity contribution in [1.29, 1.82) is 0 Å². The number of ether oxygens (including phenoxy) is 1. The number of methoxy groups -OCH3 is 1. The van der Waals surface area contributed by atoms with E-state index in [4.69, 9.17) is 4.74 Å². The topological polar surface area (TPSA) is 21.3 Å². The number of halogens is 3. The van der Waals surface area contributed by atoms with Crippen LogP contribution in [0.2, 0.25) is 0 Å². The third-order valence-corrected chi connectivity index (χ3v) is 3.96. The number of para-hydroxylation sites is 1. The molecule has 1 aliphatic heterocycles. The molecule has 0 aliphatic carbocycles. The van der Waals surface area contributed by atoms with E-state index in [0.717, 1.165) is 17.2 Å². The van der Waals surface area contributed by atoms with Gasteiger partial charge in [-0.2, -0.15) is 13.2 Å². The minimum Gasteiger partial charge on any atom is -0.496 e. The third-order valence-electron chi connectivity index (χ3n) is 3.96. The zero-order valence-electron chi connectivity index (χ0n) is 12.3. The van der Waals surface area contributed by atoms with Gasteiger partial charge >= 0.3 is 6.18 Å². The molecule has 1 aliphatic rings. The second-order valence-corrected chi connectivity index (χ2v) is 5.48. The molecule has 0 aromatic heterocycles. The van der Waals surface area contributed by atoms with Gasteiger partial charge in [0.05, 0.1) is 24.4 Å². The number of alkyl halides is 3. The van der Waals surface area contributed by atoms with Gasteiger partial charge in [-0.3, -0.25) is 0 Å². The molecule has 1 heterocycles. The van der Waals surface area contributed by atoms with Crippen molar-refractivity contribution in [3.8, 4) is 5.75 Å². The lowest BCUT2D eigenvalue weighted by Crippen LogP contribution is -2.11. The maximum Gasteiger partial charge on any atom is 0.418 e. The van der Waals surface area contributed by atoms with Crippen molar-refractivity contribution in [3.05, 3.63) is 58.7 Å². The van der Waals surface area contributed by atoms with Crippen molar-refractivity contribution in [3.63, 3.8) is 0 Å². The van der Waals surface area contributed by atoms with Crippen LogP contribution in [0.3, 0.4) is 0 Å². The summed E-state index contributed by atoms with van der Waals surface area (Å²) in [5, 5.41) is 3.03. The predicted octanol–water partition coefficient (Wildman–Crippen LogP) is 4.73. The molecule has 0 radical (unpaired) electrons. The number of rotatable bonds is 2. The lowest BCUT2D eigenvalue weighted by atomic mass is 9.99. The molecule has 22 heavy (non-hydrogen) atoms. The van der Waals surface area contributed by atoms with Crippen molar-refractivity contribution in [1.82, 2.24) is 0 Å². The van der Waals surface area contributed by atoms with Gasteiger partial charge < -0.3 is 10.1 Å². The van der Waals surface area contributed by atoms with Crippen LogP contribution in [-0.2, 0) is 12.6 Å². The highest BCUT2D eigenvalue weighted by molar-refractivity contribution is 5.65. The lowest BCUT2D eigenvalue weighted by molar-refractivity contribution is -0.136. The number of hydrogen-bond acceptors (Lipinski definition) is 2. The van der Waals surface area contributed by atoms with E-state index in [-0.39, 0.29) is 11.7 Å². The summed E-state index contributed by atoms with van der Waals surface area (Å²) < 4.78 is 44.7. The van der Waals surface area contributed by atoms with Gasteiger partial charge in [-0.25, -0.2) is 0 Å². The molecule has 1 N–H and O–H groups in total. The number of aryl methyl sites for hydroxylation is 1. The molecule has 2 nitrogen and oxygen atoms in total. The van der Waals surface area contributed by atoms with E-state index >= 15 is 0 Å². The molecule has 0 fully saturated rings. The van der Waals surface area contributed by atoms with E-state index in [9.17, 15) is 13.2 Å². The number of benzene rings is 2. The molecule has 0 saturated heterocycles. The van der Waals surface area contributed by atoms with Gasteiger partial charge in [0.15, 0.2) is 0 Å². The van der Waals surface area contributed by atoms with Crippen molar-refractivity contribution in [2.24, 2.45) is 0 Å². The highest BCUT2D eigenvalue weighted by Crippen LogP contribution is 2.44. The molecule has 2 aromatic rings. The largest absolute Gasteiger partial charge is 0.496 e. The van der Waals surface area contributed by atoms with Gasteiger partial charge in [0.25, 0.3) is 0 Å². The first-order chi connectivity index (χ1) is 10.4. The molecule has 1 atom stereocenters. The molecule has 5 heteroatoms. The third kappa shape index (κ3) is 2.51. The van der Waals surface area contributed by atoms with Crippen LogP contribution in [0.15, 0.2) is 36.4 Å². The number of nitrogens with one attached hydrogen (secondary N) is 1. The zero-order chi connectivity index (χ0) is 15.9. The lowest BCUT2D eigenvalue weighted by Gasteiger charge is -2.17. The summed E-state index contributed by atoms with van der Waals surface area (Å²) in [6.07, 6.45) is -3.84. The summed E-state index contributed by atoms with van der Waals surface area (Å²) in [6.45, 7) is 1.95. The summed E-state index contributed by atoms with van der Waals surface area (Å²) in [4.78, 5) is 0. The number of anilines is 1. The maximum absolute atomic E-state index is 13.1. The first-order valence-electron chi connectivity index (χ1n) is 7.00. The SMILES string of the molecule is COc1ccc(C)cc1C1Cc2cccc(C(F)(F)F)c2N1. The van der Waals surface area contributed by atoms with E-state index in [1.807, 2.05) is 25.1 Å². The van der Waals surface area contributed by atoms with Gasteiger partial charge in [0.1, 0.15) is 5.75 Å². The van der Waals surface area contributed by atoms with E-state index in [1.54, 1.807) is 13.2 Å². The predicted molar refractivity (Wildman–Crippen MR) is 79.2 cm³/mol. The van der Waals surface area contributed by atoms with Crippen LogP contribution in [0.1, 0.15) is 28.3 Å². The van der Waals surface area contributed by atoms with Crippen LogP contribution in [0.25, 0.3) is 0 Å². The smallest absolute Gasteiger partial charge is 0.418 e. The van der Waals surface area contributed by atoms with Crippen molar-refractivity contribution in [2.75, 3.05) is 12.4 Å². The van der Waals surface area contributed by atoms with Crippen LogP contribution in [-0.4, -0.2) is 7.11 Å². The minimum absolute atomic E-state index is 0.184. The fourth-order valence-electron chi connectivity index (χ4n) is 2.94. The minimum atomic E-state index is -4.36. The molecule has 0 amide bonds.